The van der Waals surface area contributed by atoms with Crippen LogP contribution in [0.2, 0.25) is 0 Å². The number of carbonyl (C=O) groups is 3. The molecule has 0 amide bonds. The van der Waals surface area contributed by atoms with Crippen molar-refractivity contribution in [2.45, 2.75) is 87.1 Å². The number of hydrogen-bond donors (Lipinski definition) is 1. The van der Waals surface area contributed by atoms with Crippen molar-refractivity contribution >= 4 is 27.8 Å². The van der Waals surface area contributed by atoms with Crippen LogP contribution in [0.1, 0.15) is 70.6 Å². The molecule has 8 rings (SSSR count). The van der Waals surface area contributed by atoms with Gasteiger partial charge < -0.3 is 14.2 Å². The maximum atomic E-state index is 13.7. The van der Waals surface area contributed by atoms with E-state index in [0.29, 0.717) is 50.2 Å². The zero-order valence-electron chi connectivity index (χ0n) is 20.5. The first-order valence-electron chi connectivity index (χ1n) is 13.1. The van der Waals surface area contributed by atoms with Crippen LogP contribution in [0.5, 0.6) is 0 Å². The van der Waals surface area contributed by atoms with E-state index < -0.39 is 50.5 Å². The number of ether oxygens (including phenoxy) is 3. The monoisotopic (exact) mass is 546 g/mol. The van der Waals surface area contributed by atoms with E-state index in [2.05, 4.69) is 0 Å². The SMILES string of the molecule is O=C(COC12CC3CC(C1)CC(C(=O)OCC(F)(F)S(=O)(=O)O)(C3)C2)OC12CC3CC(C1)C(=O)C(C3)C2. The smallest absolute Gasteiger partial charge is 0.402 e. The zero-order chi connectivity index (χ0) is 26.4. The summed E-state index contributed by atoms with van der Waals surface area (Å²) < 4.78 is 74.7. The number of esters is 2. The third kappa shape index (κ3) is 4.30. The van der Waals surface area contributed by atoms with E-state index in [-0.39, 0.29) is 36.7 Å². The first-order valence-corrected chi connectivity index (χ1v) is 14.6. The summed E-state index contributed by atoms with van der Waals surface area (Å²) in [6.07, 6.45) is 6.88. The number of carbonyl (C=O) groups excluding carboxylic acids is 3. The average molecular weight is 547 g/mol. The summed E-state index contributed by atoms with van der Waals surface area (Å²) in [5, 5.41) is -4.59. The molecular weight excluding hydrogens is 514 g/mol. The molecule has 9 nitrogen and oxygen atoms in total. The van der Waals surface area contributed by atoms with Crippen LogP contribution in [0.3, 0.4) is 0 Å². The van der Waals surface area contributed by atoms with Crippen molar-refractivity contribution in [2.24, 2.45) is 35.0 Å². The van der Waals surface area contributed by atoms with Crippen molar-refractivity contribution in [1.82, 2.24) is 0 Å². The standard InChI is InChI=1S/C25H32F2O9S/c26-25(27,37(31,32)33)13-34-21(30)22-4-15-1-16(5-22)8-24(7-15,12-22)35-11-19(28)36-23-6-14-2-17(9-23)20(29)18(3-14)10-23/h14-18H,1-13H2,(H,31,32,33). The Morgan fingerprint density at radius 3 is 2.11 bits per heavy atom. The van der Waals surface area contributed by atoms with E-state index in [1.807, 2.05) is 0 Å². The minimum Gasteiger partial charge on any atom is -0.458 e. The molecule has 8 saturated carbocycles. The lowest BCUT2D eigenvalue weighted by Crippen LogP contribution is -2.60. The van der Waals surface area contributed by atoms with Gasteiger partial charge in [-0.2, -0.15) is 17.2 Å². The summed E-state index contributed by atoms with van der Waals surface area (Å²) in [5.74, 6) is -0.551. The van der Waals surface area contributed by atoms with Gasteiger partial charge in [0.1, 0.15) is 18.0 Å². The minimum absolute atomic E-state index is 0.0257. The fourth-order valence-electron chi connectivity index (χ4n) is 9.25. The molecule has 12 heteroatoms. The summed E-state index contributed by atoms with van der Waals surface area (Å²) in [4.78, 5) is 38.4. The molecule has 8 aliphatic carbocycles. The normalized spacial score (nSPS) is 43.8. The topological polar surface area (TPSA) is 133 Å². The summed E-state index contributed by atoms with van der Waals surface area (Å²) in [7, 11) is -5.71. The highest BCUT2D eigenvalue weighted by atomic mass is 32.2. The summed E-state index contributed by atoms with van der Waals surface area (Å²) in [6, 6.07) is 0. The van der Waals surface area contributed by atoms with Gasteiger partial charge in [-0.1, -0.05) is 0 Å². The van der Waals surface area contributed by atoms with Gasteiger partial charge in [0.15, 0.2) is 6.61 Å². The first-order chi connectivity index (χ1) is 17.2. The summed E-state index contributed by atoms with van der Waals surface area (Å²) in [5.41, 5.74) is -2.48. The molecule has 8 bridgehead atoms. The van der Waals surface area contributed by atoms with Gasteiger partial charge in [0.05, 0.1) is 11.0 Å². The third-order valence-electron chi connectivity index (χ3n) is 9.95. The highest BCUT2D eigenvalue weighted by Gasteiger charge is 2.63. The maximum absolute atomic E-state index is 13.7. The van der Waals surface area contributed by atoms with E-state index in [1.54, 1.807) is 0 Å². The van der Waals surface area contributed by atoms with Gasteiger partial charge >= 0.3 is 27.3 Å². The van der Waals surface area contributed by atoms with Gasteiger partial charge in [0, 0.05) is 11.8 Å². The lowest BCUT2D eigenvalue weighted by atomic mass is 9.48. The molecule has 4 atom stereocenters. The lowest BCUT2D eigenvalue weighted by Gasteiger charge is -2.60. The Kier molecular flexibility index (Phi) is 5.66. The van der Waals surface area contributed by atoms with E-state index in [9.17, 15) is 31.6 Å². The molecule has 206 valence electrons. The predicted molar refractivity (Wildman–Crippen MR) is 121 cm³/mol. The maximum Gasteiger partial charge on any atom is 0.402 e. The molecule has 0 heterocycles. The van der Waals surface area contributed by atoms with Crippen LogP contribution in [0.4, 0.5) is 8.78 Å². The Morgan fingerprint density at radius 2 is 1.51 bits per heavy atom. The molecule has 0 aromatic rings. The van der Waals surface area contributed by atoms with Crippen LogP contribution in [-0.2, 0) is 38.7 Å². The number of Topliss-reactive ketones (excluding diaryl/α,β-unsaturated/α-hetero) is 1. The molecule has 0 aromatic heterocycles. The summed E-state index contributed by atoms with van der Waals surface area (Å²) in [6.45, 7) is -2.05. The fourth-order valence-corrected chi connectivity index (χ4v) is 9.45. The van der Waals surface area contributed by atoms with Crippen molar-refractivity contribution < 1.29 is 50.3 Å². The zero-order valence-corrected chi connectivity index (χ0v) is 21.3. The molecule has 1 N–H and O–H groups in total. The molecule has 0 aromatic carbocycles. The van der Waals surface area contributed by atoms with Crippen molar-refractivity contribution in [3.63, 3.8) is 0 Å². The van der Waals surface area contributed by atoms with E-state index in [0.717, 1.165) is 25.7 Å². The molecule has 0 saturated heterocycles. The lowest BCUT2D eigenvalue weighted by molar-refractivity contribution is -0.222. The predicted octanol–water partition coefficient (Wildman–Crippen LogP) is 3.06. The Balaban J connectivity index is 1.10. The van der Waals surface area contributed by atoms with E-state index in [4.69, 9.17) is 18.8 Å². The minimum atomic E-state index is -5.71. The first kappa shape index (κ1) is 25.6. The van der Waals surface area contributed by atoms with Gasteiger partial charge in [-0.15, -0.1) is 0 Å². The van der Waals surface area contributed by atoms with E-state index in [1.165, 1.54) is 0 Å². The number of rotatable bonds is 8. The second-order valence-corrected chi connectivity index (χ2v) is 14.4. The second-order valence-electron chi connectivity index (χ2n) is 12.8. The molecule has 8 fully saturated rings. The molecule has 8 aliphatic rings. The number of ketones is 1. The molecular formula is C25H32F2O9S. The molecule has 4 unspecified atom stereocenters. The molecule has 0 radical (unpaired) electrons. The average Bonchev–Trinajstić information content (AvgIpc) is 2.77. The quantitative estimate of drug-likeness (QED) is 0.360. The molecule has 0 aliphatic heterocycles. The van der Waals surface area contributed by atoms with Crippen LogP contribution in [0.25, 0.3) is 0 Å². The van der Waals surface area contributed by atoms with Crippen molar-refractivity contribution in [2.75, 3.05) is 13.2 Å². The highest BCUT2D eigenvalue weighted by molar-refractivity contribution is 7.86. The Morgan fingerprint density at radius 1 is 0.919 bits per heavy atom. The number of alkyl halides is 2. The third-order valence-corrected chi connectivity index (χ3v) is 10.8. The van der Waals surface area contributed by atoms with Gasteiger partial charge in [-0.3, -0.25) is 14.1 Å². The Hall–Kier alpha value is -1.66. The van der Waals surface area contributed by atoms with Crippen molar-refractivity contribution in [3.8, 4) is 0 Å². The van der Waals surface area contributed by atoms with Crippen molar-refractivity contribution in [1.29, 1.82) is 0 Å². The molecule has 37 heavy (non-hydrogen) atoms. The summed E-state index contributed by atoms with van der Waals surface area (Å²) >= 11 is 0. The fraction of sp³-hybridized carbons (Fsp3) is 0.880. The van der Waals surface area contributed by atoms with Gasteiger partial charge in [0.25, 0.3) is 0 Å². The Bertz CT molecular complexity index is 1100. The van der Waals surface area contributed by atoms with Crippen LogP contribution in [0.15, 0.2) is 0 Å². The van der Waals surface area contributed by atoms with Crippen LogP contribution in [-0.4, -0.2) is 60.4 Å². The van der Waals surface area contributed by atoms with Gasteiger partial charge in [-0.05, 0) is 88.4 Å². The van der Waals surface area contributed by atoms with Gasteiger partial charge in [0.2, 0.25) is 0 Å². The number of hydrogen-bond acceptors (Lipinski definition) is 8. The second kappa shape index (κ2) is 8.17. The largest absolute Gasteiger partial charge is 0.458 e. The van der Waals surface area contributed by atoms with Crippen molar-refractivity contribution in [3.05, 3.63) is 0 Å². The van der Waals surface area contributed by atoms with Gasteiger partial charge in [-0.25, -0.2) is 4.79 Å². The Labute approximate surface area is 213 Å². The van der Waals surface area contributed by atoms with Crippen LogP contribution >= 0.6 is 0 Å². The van der Waals surface area contributed by atoms with Crippen LogP contribution < -0.4 is 0 Å². The highest BCUT2D eigenvalue weighted by Crippen LogP contribution is 2.63. The van der Waals surface area contributed by atoms with E-state index >= 15 is 0 Å². The number of halogens is 2. The molecule has 0 spiro atoms. The van der Waals surface area contributed by atoms with Crippen LogP contribution in [0, 0.1) is 35.0 Å².